The van der Waals surface area contributed by atoms with E-state index in [1.54, 1.807) is 0 Å². The number of carbonyl (C=O) groups is 2. The first-order valence-electron chi connectivity index (χ1n) is 8.12. The summed E-state index contributed by atoms with van der Waals surface area (Å²) in [5, 5.41) is 2.83. The van der Waals surface area contributed by atoms with Gasteiger partial charge in [0, 0.05) is 0 Å². The molecule has 0 fully saturated rings. The normalized spacial score (nSPS) is 15.8. The molecular formula is C17H18N4O5. The Kier molecular flexibility index (Phi) is 4.87. The molecule has 9 heteroatoms. The van der Waals surface area contributed by atoms with Gasteiger partial charge in [-0.05, 0) is 30.4 Å². The fourth-order valence-electron chi connectivity index (χ4n) is 3.00. The number of aromatic nitrogens is 2. The molecule has 5 N–H and O–H groups in total. The molecule has 136 valence electrons. The number of nitrogens with two attached hydrogens (primary N) is 1. The number of nitrogens with one attached hydrogen (secondary N) is 3. The Hall–Kier alpha value is -3.36. The van der Waals surface area contributed by atoms with Gasteiger partial charge in [-0.3, -0.25) is 19.6 Å². The van der Waals surface area contributed by atoms with Crippen LogP contribution >= 0.6 is 0 Å². The van der Waals surface area contributed by atoms with Gasteiger partial charge < -0.3 is 15.8 Å². The van der Waals surface area contributed by atoms with Gasteiger partial charge in [0.15, 0.2) is 12.3 Å². The van der Waals surface area contributed by atoms with Crippen molar-refractivity contribution in [1.82, 2.24) is 15.3 Å². The summed E-state index contributed by atoms with van der Waals surface area (Å²) in [4.78, 5) is 50.7. The minimum atomic E-state index is -1.05. The topological polar surface area (TPSA) is 147 Å². The third-order valence-corrected chi connectivity index (χ3v) is 4.22. The van der Waals surface area contributed by atoms with E-state index >= 15 is 0 Å². The van der Waals surface area contributed by atoms with Crippen molar-refractivity contribution in [1.29, 1.82) is 0 Å². The van der Waals surface area contributed by atoms with Crippen LogP contribution in [0.3, 0.4) is 0 Å². The molecule has 1 unspecified atom stereocenters. The molecule has 1 aliphatic carbocycles. The summed E-state index contributed by atoms with van der Waals surface area (Å²) in [6.07, 6.45) is 2.71. The highest BCUT2D eigenvalue weighted by molar-refractivity contribution is 5.93. The number of hydrogen-bond donors (Lipinski definition) is 4. The summed E-state index contributed by atoms with van der Waals surface area (Å²) < 4.78 is 4.86. The van der Waals surface area contributed by atoms with Gasteiger partial charge in [-0.1, -0.05) is 24.3 Å². The van der Waals surface area contributed by atoms with Gasteiger partial charge in [-0.15, -0.1) is 0 Å². The van der Waals surface area contributed by atoms with Gasteiger partial charge in [0.05, 0.1) is 6.04 Å². The quantitative estimate of drug-likeness (QED) is 0.565. The molecule has 0 aliphatic heterocycles. The van der Waals surface area contributed by atoms with Crippen molar-refractivity contribution in [3.63, 3.8) is 0 Å². The Morgan fingerprint density at radius 3 is 2.81 bits per heavy atom. The summed E-state index contributed by atoms with van der Waals surface area (Å²) >= 11 is 0. The Labute approximate surface area is 147 Å². The fourth-order valence-corrected chi connectivity index (χ4v) is 3.00. The number of fused-ring (bicyclic) bond motifs is 1. The van der Waals surface area contributed by atoms with Gasteiger partial charge in [-0.25, -0.2) is 9.59 Å². The van der Waals surface area contributed by atoms with Crippen LogP contribution in [0, 0.1) is 0 Å². The minimum Gasteiger partial charge on any atom is -0.451 e. The number of aryl methyl sites for hydroxylation is 1. The lowest BCUT2D eigenvalue weighted by atomic mass is 9.88. The van der Waals surface area contributed by atoms with Gasteiger partial charge >= 0.3 is 11.7 Å². The van der Waals surface area contributed by atoms with E-state index in [1.807, 2.05) is 29.2 Å². The first-order valence-corrected chi connectivity index (χ1v) is 8.12. The number of hydrogen-bond acceptors (Lipinski definition) is 6. The molecule has 0 spiro atoms. The molecule has 9 nitrogen and oxygen atoms in total. The van der Waals surface area contributed by atoms with E-state index in [9.17, 15) is 19.2 Å². The second-order valence-corrected chi connectivity index (χ2v) is 5.98. The van der Waals surface area contributed by atoms with Crippen molar-refractivity contribution >= 4 is 17.6 Å². The van der Waals surface area contributed by atoms with E-state index in [4.69, 9.17) is 10.5 Å². The van der Waals surface area contributed by atoms with Crippen molar-refractivity contribution < 1.29 is 14.3 Å². The van der Waals surface area contributed by atoms with E-state index in [1.165, 1.54) is 5.56 Å². The highest BCUT2D eigenvalue weighted by Crippen LogP contribution is 2.29. The second-order valence-electron chi connectivity index (χ2n) is 5.98. The summed E-state index contributed by atoms with van der Waals surface area (Å²) in [5.41, 5.74) is 4.95. The fraction of sp³-hybridized carbons (Fsp3) is 0.294. The SMILES string of the molecule is Nc1c(C(=O)OCC(=O)NC2CCCc3ccccc32)[nH]c(=O)[nH]c1=O. The van der Waals surface area contributed by atoms with Crippen LogP contribution in [0.1, 0.15) is 40.5 Å². The molecule has 3 rings (SSSR count). The van der Waals surface area contributed by atoms with Crippen LogP contribution in [-0.4, -0.2) is 28.5 Å². The standard InChI is InChI=1S/C17H18N4O5/c18-13-14(20-17(25)21-15(13)23)16(24)26-8-12(22)19-11-7-3-5-9-4-1-2-6-10(9)11/h1-2,4,6,11H,3,5,7-8,18H2,(H,19,22)(H2,20,21,23,25). The predicted molar refractivity (Wildman–Crippen MR) is 92.6 cm³/mol. The van der Waals surface area contributed by atoms with Gasteiger partial charge in [0.2, 0.25) is 0 Å². The number of amides is 1. The molecule has 0 bridgehead atoms. The highest BCUT2D eigenvalue weighted by atomic mass is 16.5. The molecule has 1 aromatic carbocycles. The minimum absolute atomic E-state index is 0.143. The smallest absolute Gasteiger partial charge is 0.357 e. The van der Waals surface area contributed by atoms with E-state index in [0.717, 1.165) is 24.8 Å². The molecule has 1 aliphatic rings. The molecule has 0 radical (unpaired) electrons. The van der Waals surface area contributed by atoms with E-state index in [-0.39, 0.29) is 6.04 Å². The zero-order valence-corrected chi connectivity index (χ0v) is 13.8. The molecule has 26 heavy (non-hydrogen) atoms. The van der Waals surface area contributed by atoms with Crippen LogP contribution in [-0.2, 0) is 16.0 Å². The summed E-state index contributed by atoms with van der Waals surface area (Å²) in [6.45, 7) is -0.550. The maximum Gasteiger partial charge on any atom is 0.357 e. The van der Waals surface area contributed by atoms with Crippen LogP contribution < -0.4 is 22.3 Å². The highest BCUT2D eigenvalue weighted by Gasteiger charge is 2.22. The van der Waals surface area contributed by atoms with Gasteiger partial charge in [0.25, 0.3) is 11.5 Å². The maximum atomic E-state index is 12.1. The summed E-state index contributed by atoms with van der Waals surface area (Å²) in [5.74, 6) is -1.53. The maximum absolute atomic E-state index is 12.1. The zero-order valence-electron chi connectivity index (χ0n) is 13.8. The Morgan fingerprint density at radius 1 is 1.23 bits per heavy atom. The predicted octanol–water partition coefficient (Wildman–Crippen LogP) is -0.00400. The molecule has 1 atom stereocenters. The van der Waals surface area contributed by atoms with Crippen molar-refractivity contribution in [2.45, 2.75) is 25.3 Å². The third-order valence-electron chi connectivity index (χ3n) is 4.22. The van der Waals surface area contributed by atoms with Crippen LogP contribution in [0.15, 0.2) is 33.9 Å². The van der Waals surface area contributed by atoms with Gasteiger partial charge in [0.1, 0.15) is 5.69 Å². The molecule has 1 aromatic heterocycles. The average Bonchev–Trinajstić information content (AvgIpc) is 2.63. The lowest BCUT2D eigenvalue weighted by Gasteiger charge is -2.26. The number of H-pyrrole nitrogens is 2. The van der Waals surface area contributed by atoms with Crippen LogP contribution in [0.2, 0.25) is 0 Å². The zero-order chi connectivity index (χ0) is 18.7. The lowest BCUT2D eigenvalue weighted by molar-refractivity contribution is -0.125. The molecule has 2 aromatic rings. The Morgan fingerprint density at radius 2 is 2.00 bits per heavy atom. The Bertz CT molecular complexity index is 962. The number of ether oxygens (including phenoxy) is 1. The number of aromatic amines is 2. The van der Waals surface area contributed by atoms with Gasteiger partial charge in [-0.2, -0.15) is 0 Å². The molecule has 1 heterocycles. The number of anilines is 1. The number of benzene rings is 1. The van der Waals surface area contributed by atoms with Crippen molar-refractivity contribution in [2.24, 2.45) is 0 Å². The van der Waals surface area contributed by atoms with Crippen LogP contribution in [0.25, 0.3) is 0 Å². The molecular weight excluding hydrogens is 340 g/mol. The number of esters is 1. The van der Waals surface area contributed by atoms with Crippen molar-refractivity contribution in [3.05, 3.63) is 61.9 Å². The first-order chi connectivity index (χ1) is 12.5. The van der Waals surface area contributed by atoms with E-state index in [2.05, 4.69) is 10.3 Å². The molecule has 1 amide bonds. The lowest BCUT2D eigenvalue weighted by Crippen LogP contribution is -2.35. The summed E-state index contributed by atoms with van der Waals surface area (Å²) in [6, 6.07) is 7.72. The molecule has 0 saturated heterocycles. The Balaban J connectivity index is 1.63. The van der Waals surface area contributed by atoms with Crippen LogP contribution in [0.5, 0.6) is 0 Å². The van der Waals surface area contributed by atoms with Crippen LogP contribution in [0.4, 0.5) is 5.69 Å². The van der Waals surface area contributed by atoms with E-state index < -0.39 is 41.1 Å². The average molecular weight is 358 g/mol. The number of carbonyl (C=O) groups excluding carboxylic acids is 2. The monoisotopic (exact) mass is 358 g/mol. The first kappa shape index (κ1) is 17.5. The molecule has 0 saturated carbocycles. The number of rotatable bonds is 4. The largest absolute Gasteiger partial charge is 0.451 e. The third kappa shape index (κ3) is 3.66. The van der Waals surface area contributed by atoms with Crippen molar-refractivity contribution in [3.8, 4) is 0 Å². The number of nitrogen functional groups attached to an aromatic ring is 1. The summed E-state index contributed by atoms with van der Waals surface area (Å²) in [7, 11) is 0. The van der Waals surface area contributed by atoms with E-state index in [0.29, 0.717) is 0 Å². The van der Waals surface area contributed by atoms with Crippen molar-refractivity contribution in [2.75, 3.05) is 12.3 Å². The second kappa shape index (κ2) is 7.26.